The predicted molar refractivity (Wildman–Crippen MR) is 44.1 cm³/mol. The minimum atomic E-state index is -1.66. The first-order chi connectivity index (χ1) is 6.70. The van der Waals surface area contributed by atoms with Crippen LogP contribution in [0.1, 0.15) is 11.8 Å². The van der Waals surface area contributed by atoms with E-state index in [1.54, 1.807) is 18.2 Å². The van der Waals surface area contributed by atoms with E-state index in [0.717, 1.165) is 0 Å². The van der Waals surface area contributed by atoms with Crippen LogP contribution in [0.25, 0.3) is 0 Å². The Morgan fingerprint density at radius 3 is 2.64 bits per heavy atom. The van der Waals surface area contributed by atoms with Gasteiger partial charge in [-0.1, -0.05) is 6.07 Å². The SMILES string of the molecule is O=C1OC(c2ccccn2)C(=O)C1O. The van der Waals surface area contributed by atoms with Crippen molar-refractivity contribution in [2.75, 3.05) is 0 Å². The number of carbonyl (C=O) groups is 2. The van der Waals surface area contributed by atoms with Crippen LogP contribution in [0.4, 0.5) is 0 Å². The van der Waals surface area contributed by atoms with Gasteiger partial charge in [0.2, 0.25) is 18.0 Å². The number of aliphatic hydroxyl groups is 1. The number of hydrogen-bond acceptors (Lipinski definition) is 5. The van der Waals surface area contributed by atoms with Gasteiger partial charge in [0.15, 0.2) is 0 Å². The third-order valence-corrected chi connectivity index (χ3v) is 1.94. The van der Waals surface area contributed by atoms with Gasteiger partial charge in [0.25, 0.3) is 0 Å². The highest BCUT2D eigenvalue weighted by atomic mass is 16.6. The molecule has 5 heteroatoms. The largest absolute Gasteiger partial charge is 0.445 e. The maximum absolute atomic E-state index is 11.3. The number of aromatic nitrogens is 1. The molecule has 0 bridgehead atoms. The molecule has 1 fully saturated rings. The van der Waals surface area contributed by atoms with Crippen molar-refractivity contribution in [3.8, 4) is 0 Å². The van der Waals surface area contributed by atoms with E-state index in [4.69, 9.17) is 5.11 Å². The van der Waals surface area contributed by atoms with Gasteiger partial charge in [0.05, 0.1) is 5.69 Å². The van der Waals surface area contributed by atoms with Crippen LogP contribution in [0.3, 0.4) is 0 Å². The monoisotopic (exact) mass is 193 g/mol. The number of carbonyl (C=O) groups excluding carboxylic acids is 2. The fraction of sp³-hybridized carbons (Fsp3) is 0.222. The molecule has 1 aliphatic heterocycles. The van der Waals surface area contributed by atoms with E-state index in [0.29, 0.717) is 5.69 Å². The molecule has 0 aromatic carbocycles. The highest BCUT2D eigenvalue weighted by Gasteiger charge is 2.43. The summed E-state index contributed by atoms with van der Waals surface area (Å²) in [6.07, 6.45) is -1.23. The van der Waals surface area contributed by atoms with E-state index in [1.165, 1.54) is 6.20 Å². The molecule has 0 spiro atoms. The van der Waals surface area contributed by atoms with Crippen LogP contribution in [0.15, 0.2) is 24.4 Å². The molecule has 2 rings (SSSR count). The molecular weight excluding hydrogens is 186 g/mol. The van der Waals surface area contributed by atoms with Crippen molar-refractivity contribution >= 4 is 11.8 Å². The van der Waals surface area contributed by atoms with Gasteiger partial charge in [-0.05, 0) is 12.1 Å². The molecule has 1 aliphatic rings. The second-order valence-corrected chi connectivity index (χ2v) is 2.88. The Balaban J connectivity index is 2.30. The maximum Gasteiger partial charge on any atom is 0.344 e. The summed E-state index contributed by atoms with van der Waals surface area (Å²) in [6.45, 7) is 0. The Labute approximate surface area is 79.3 Å². The zero-order valence-corrected chi connectivity index (χ0v) is 7.08. The van der Waals surface area contributed by atoms with Gasteiger partial charge in [-0.15, -0.1) is 0 Å². The van der Waals surface area contributed by atoms with Crippen LogP contribution in [-0.2, 0) is 14.3 Å². The summed E-state index contributed by atoms with van der Waals surface area (Å²) in [7, 11) is 0. The normalized spacial score (nSPS) is 26.4. The number of Topliss-reactive ketones (excluding diaryl/α,β-unsaturated/α-hetero) is 1. The average molecular weight is 193 g/mol. The molecule has 72 valence electrons. The lowest BCUT2D eigenvalue weighted by Crippen LogP contribution is -2.22. The van der Waals surface area contributed by atoms with Crippen LogP contribution >= 0.6 is 0 Å². The first kappa shape index (κ1) is 8.83. The molecule has 2 atom stereocenters. The summed E-state index contributed by atoms with van der Waals surface area (Å²) in [5.74, 6) is -1.57. The minimum Gasteiger partial charge on any atom is -0.445 e. The van der Waals surface area contributed by atoms with Crippen LogP contribution in [0, 0.1) is 0 Å². The number of ketones is 1. The summed E-state index contributed by atoms with van der Waals surface area (Å²) in [5.41, 5.74) is 0.336. The molecule has 2 unspecified atom stereocenters. The Morgan fingerprint density at radius 1 is 1.36 bits per heavy atom. The van der Waals surface area contributed by atoms with E-state index < -0.39 is 24.0 Å². The van der Waals surface area contributed by atoms with E-state index >= 15 is 0 Å². The molecule has 0 saturated carbocycles. The first-order valence-corrected chi connectivity index (χ1v) is 4.03. The molecule has 0 amide bonds. The van der Waals surface area contributed by atoms with Crippen LogP contribution in [0.5, 0.6) is 0 Å². The minimum absolute atomic E-state index is 0.336. The van der Waals surface area contributed by atoms with Gasteiger partial charge in [-0.2, -0.15) is 0 Å². The number of aliphatic hydroxyl groups excluding tert-OH is 1. The smallest absolute Gasteiger partial charge is 0.344 e. The molecule has 2 heterocycles. The molecule has 5 nitrogen and oxygen atoms in total. The number of ether oxygens (including phenoxy) is 1. The van der Waals surface area contributed by atoms with Crippen molar-refractivity contribution in [2.45, 2.75) is 12.2 Å². The standard InChI is InChI=1S/C9H7NO4/c11-6-7(12)9(13)14-8(6)5-3-1-2-4-10-5/h1-4,7-8,12H. The molecule has 1 N–H and O–H groups in total. The number of nitrogens with zero attached hydrogens (tertiary/aromatic N) is 1. The van der Waals surface area contributed by atoms with Crippen molar-refractivity contribution in [2.24, 2.45) is 0 Å². The van der Waals surface area contributed by atoms with Crippen molar-refractivity contribution in [3.63, 3.8) is 0 Å². The number of pyridine rings is 1. The van der Waals surface area contributed by atoms with E-state index in [9.17, 15) is 9.59 Å². The van der Waals surface area contributed by atoms with Crippen molar-refractivity contribution in [1.29, 1.82) is 0 Å². The second-order valence-electron chi connectivity index (χ2n) is 2.88. The number of hydrogen-bond donors (Lipinski definition) is 1. The number of esters is 1. The predicted octanol–water partition coefficient (Wildman–Crippen LogP) is -0.391. The van der Waals surface area contributed by atoms with E-state index in [2.05, 4.69) is 9.72 Å². The number of cyclic esters (lactones) is 1. The Hall–Kier alpha value is -1.75. The summed E-state index contributed by atoms with van der Waals surface area (Å²) in [5, 5.41) is 9.05. The third kappa shape index (κ3) is 1.27. The van der Waals surface area contributed by atoms with Crippen LogP contribution < -0.4 is 0 Å². The molecule has 14 heavy (non-hydrogen) atoms. The summed E-state index contributed by atoms with van der Waals surface area (Å²) >= 11 is 0. The Kier molecular flexibility index (Phi) is 2.01. The Bertz CT molecular complexity index is 376. The van der Waals surface area contributed by atoms with Gasteiger partial charge >= 0.3 is 5.97 Å². The highest BCUT2D eigenvalue weighted by Crippen LogP contribution is 2.24. The van der Waals surface area contributed by atoms with Crippen molar-refractivity contribution in [3.05, 3.63) is 30.1 Å². The Morgan fingerprint density at radius 2 is 2.14 bits per heavy atom. The van der Waals surface area contributed by atoms with Crippen LogP contribution in [-0.4, -0.2) is 27.9 Å². The van der Waals surface area contributed by atoms with Gasteiger partial charge < -0.3 is 9.84 Å². The van der Waals surface area contributed by atoms with Crippen LogP contribution in [0.2, 0.25) is 0 Å². The lowest BCUT2D eigenvalue weighted by atomic mass is 10.1. The maximum atomic E-state index is 11.3. The highest BCUT2D eigenvalue weighted by molar-refractivity contribution is 6.09. The molecular formula is C9H7NO4. The third-order valence-electron chi connectivity index (χ3n) is 1.94. The lowest BCUT2D eigenvalue weighted by Gasteiger charge is -2.04. The summed E-state index contributed by atoms with van der Waals surface area (Å²) < 4.78 is 4.67. The van der Waals surface area contributed by atoms with Gasteiger partial charge in [-0.3, -0.25) is 9.78 Å². The summed E-state index contributed by atoms with van der Waals surface area (Å²) in [6, 6.07) is 4.92. The first-order valence-electron chi connectivity index (χ1n) is 4.03. The van der Waals surface area contributed by atoms with Gasteiger partial charge in [0, 0.05) is 6.20 Å². The van der Waals surface area contributed by atoms with Gasteiger partial charge in [-0.25, -0.2) is 4.79 Å². The van der Waals surface area contributed by atoms with Crippen molar-refractivity contribution in [1.82, 2.24) is 4.98 Å². The molecule has 1 aromatic heterocycles. The quantitative estimate of drug-likeness (QED) is 0.485. The fourth-order valence-electron chi connectivity index (χ4n) is 1.24. The second kappa shape index (κ2) is 3.19. The fourth-order valence-corrected chi connectivity index (χ4v) is 1.24. The van der Waals surface area contributed by atoms with Crippen molar-refractivity contribution < 1.29 is 19.4 Å². The summed E-state index contributed by atoms with van der Waals surface area (Å²) in [4.78, 5) is 26.0. The topological polar surface area (TPSA) is 76.5 Å². The van der Waals surface area contributed by atoms with Gasteiger partial charge in [0.1, 0.15) is 0 Å². The molecule has 1 saturated heterocycles. The molecule has 0 radical (unpaired) electrons. The number of rotatable bonds is 1. The molecule has 1 aromatic rings. The zero-order chi connectivity index (χ0) is 10.1. The average Bonchev–Trinajstić information content (AvgIpc) is 2.47. The van der Waals surface area contributed by atoms with E-state index in [1.807, 2.05) is 0 Å². The molecule has 0 aliphatic carbocycles. The zero-order valence-electron chi connectivity index (χ0n) is 7.08. The lowest BCUT2D eigenvalue weighted by molar-refractivity contribution is -0.147. The van der Waals surface area contributed by atoms with E-state index in [-0.39, 0.29) is 0 Å².